The van der Waals surface area contributed by atoms with Crippen molar-refractivity contribution in [1.29, 1.82) is 0 Å². The topological polar surface area (TPSA) is 86.1 Å². The summed E-state index contributed by atoms with van der Waals surface area (Å²) in [5.74, 6) is 0.400. The van der Waals surface area contributed by atoms with Crippen molar-refractivity contribution in [2.45, 2.75) is 19.9 Å². The first kappa shape index (κ1) is 17.3. The van der Waals surface area contributed by atoms with E-state index in [0.29, 0.717) is 45.8 Å². The predicted molar refractivity (Wildman–Crippen MR) is 89.5 cm³/mol. The molecule has 0 spiro atoms. The third kappa shape index (κ3) is 3.94. The van der Waals surface area contributed by atoms with Gasteiger partial charge in [0.15, 0.2) is 0 Å². The monoisotopic (exact) mass is 348 g/mol. The van der Waals surface area contributed by atoms with Crippen molar-refractivity contribution in [2.24, 2.45) is 5.92 Å². The molecule has 0 saturated carbocycles. The summed E-state index contributed by atoms with van der Waals surface area (Å²) in [6.07, 6.45) is 1.82. The Morgan fingerprint density at radius 1 is 1.24 bits per heavy atom. The zero-order chi connectivity index (χ0) is 17.8. The number of hydrogen-bond donors (Lipinski definition) is 1. The summed E-state index contributed by atoms with van der Waals surface area (Å²) in [7, 11) is 0. The number of piperazine rings is 1. The third-order valence-corrected chi connectivity index (χ3v) is 4.70. The van der Waals surface area contributed by atoms with Crippen LogP contribution in [-0.2, 0) is 16.1 Å². The van der Waals surface area contributed by atoms with Gasteiger partial charge in [-0.05, 0) is 19.1 Å². The van der Waals surface area contributed by atoms with Crippen molar-refractivity contribution < 1.29 is 18.8 Å². The Balaban J connectivity index is 1.50. The molecule has 4 amide bonds. The number of likely N-dealkylation sites (tertiary alicyclic amines) is 1. The van der Waals surface area contributed by atoms with Gasteiger partial charge in [0.2, 0.25) is 11.8 Å². The Bertz CT molecular complexity index is 623. The van der Waals surface area contributed by atoms with Crippen molar-refractivity contribution >= 4 is 17.8 Å². The number of rotatable bonds is 4. The first-order chi connectivity index (χ1) is 12.1. The van der Waals surface area contributed by atoms with Crippen LogP contribution in [0.4, 0.5) is 4.79 Å². The maximum Gasteiger partial charge on any atom is 0.317 e. The molecular formula is C17H24N4O4. The van der Waals surface area contributed by atoms with Gasteiger partial charge in [0.05, 0.1) is 18.7 Å². The fourth-order valence-corrected chi connectivity index (χ4v) is 3.33. The highest BCUT2D eigenvalue weighted by Gasteiger charge is 2.37. The molecule has 136 valence electrons. The summed E-state index contributed by atoms with van der Waals surface area (Å²) in [4.78, 5) is 41.8. The van der Waals surface area contributed by atoms with Gasteiger partial charge in [-0.3, -0.25) is 9.59 Å². The lowest BCUT2D eigenvalue weighted by molar-refractivity contribution is -0.137. The van der Waals surface area contributed by atoms with Crippen LogP contribution in [-0.4, -0.2) is 71.8 Å². The van der Waals surface area contributed by atoms with Crippen LogP contribution in [0.15, 0.2) is 22.8 Å². The van der Waals surface area contributed by atoms with Crippen molar-refractivity contribution in [3.8, 4) is 0 Å². The van der Waals surface area contributed by atoms with Crippen LogP contribution in [0.1, 0.15) is 19.1 Å². The van der Waals surface area contributed by atoms with Crippen LogP contribution >= 0.6 is 0 Å². The second kappa shape index (κ2) is 7.58. The number of nitrogens with zero attached hydrogens (tertiary/aromatic N) is 3. The molecule has 1 aromatic heterocycles. The molecule has 1 N–H and O–H groups in total. The number of urea groups is 1. The summed E-state index contributed by atoms with van der Waals surface area (Å²) >= 11 is 0. The third-order valence-electron chi connectivity index (χ3n) is 4.70. The van der Waals surface area contributed by atoms with Gasteiger partial charge in [-0.2, -0.15) is 0 Å². The Kier molecular flexibility index (Phi) is 5.25. The van der Waals surface area contributed by atoms with E-state index in [0.717, 1.165) is 5.76 Å². The first-order valence-corrected chi connectivity index (χ1v) is 8.70. The van der Waals surface area contributed by atoms with Crippen LogP contribution in [0.3, 0.4) is 0 Å². The minimum Gasteiger partial charge on any atom is -0.467 e. The SMILES string of the molecule is CCNC(=O)N1CCN(C(=O)C2CC(=O)N(Cc3ccco3)C2)CC1. The summed E-state index contributed by atoms with van der Waals surface area (Å²) in [5, 5.41) is 2.77. The molecule has 0 bridgehead atoms. The Hall–Kier alpha value is -2.51. The molecule has 25 heavy (non-hydrogen) atoms. The zero-order valence-corrected chi connectivity index (χ0v) is 14.4. The molecule has 2 aliphatic rings. The van der Waals surface area contributed by atoms with Gasteiger partial charge in [-0.25, -0.2) is 4.79 Å². The van der Waals surface area contributed by atoms with Crippen molar-refractivity contribution in [2.75, 3.05) is 39.3 Å². The van der Waals surface area contributed by atoms with E-state index >= 15 is 0 Å². The molecule has 3 heterocycles. The van der Waals surface area contributed by atoms with E-state index in [1.54, 1.807) is 27.0 Å². The van der Waals surface area contributed by atoms with Crippen LogP contribution in [0.25, 0.3) is 0 Å². The maximum atomic E-state index is 12.7. The van der Waals surface area contributed by atoms with Gasteiger partial charge in [-0.15, -0.1) is 0 Å². The average molecular weight is 348 g/mol. The van der Waals surface area contributed by atoms with E-state index in [9.17, 15) is 14.4 Å². The Morgan fingerprint density at radius 2 is 1.96 bits per heavy atom. The van der Waals surface area contributed by atoms with E-state index in [1.807, 2.05) is 13.0 Å². The fourth-order valence-electron chi connectivity index (χ4n) is 3.33. The number of carbonyl (C=O) groups excluding carboxylic acids is 3. The molecule has 0 radical (unpaired) electrons. The van der Waals surface area contributed by atoms with Gasteiger partial charge in [-0.1, -0.05) is 0 Å². The predicted octanol–water partition coefficient (Wildman–Crippen LogP) is 0.502. The van der Waals surface area contributed by atoms with Crippen LogP contribution < -0.4 is 5.32 Å². The van der Waals surface area contributed by atoms with Gasteiger partial charge < -0.3 is 24.4 Å². The van der Waals surface area contributed by atoms with Crippen LogP contribution in [0.2, 0.25) is 0 Å². The molecule has 8 heteroatoms. The molecule has 2 saturated heterocycles. The maximum absolute atomic E-state index is 12.7. The molecule has 0 aliphatic carbocycles. The largest absolute Gasteiger partial charge is 0.467 e. The highest BCUT2D eigenvalue weighted by Crippen LogP contribution is 2.23. The lowest BCUT2D eigenvalue weighted by atomic mass is 10.1. The van der Waals surface area contributed by atoms with Crippen LogP contribution in [0.5, 0.6) is 0 Å². The van der Waals surface area contributed by atoms with E-state index < -0.39 is 0 Å². The lowest BCUT2D eigenvalue weighted by Gasteiger charge is -2.35. The van der Waals surface area contributed by atoms with Crippen molar-refractivity contribution in [1.82, 2.24) is 20.0 Å². The first-order valence-electron chi connectivity index (χ1n) is 8.70. The Morgan fingerprint density at radius 3 is 2.60 bits per heavy atom. The highest BCUT2D eigenvalue weighted by molar-refractivity contribution is 5.89. The van der Waals surface area contributed by atoms with E-state index in [1.165, 1.54) is 0 Å². The molecule has 1 unspecified atom stereocenters. The number of hydrogen-bond acceptors (Lipinski definition) is 4. The number of furan rings is 1. The number of carbonyl (C=O) groups is 3. The molecular weight excluding hydrogens is 324 g/mol. The molecule has 3 rings (SSSR count). The average Bonchev–Trinajstić information content (AvgIpc) is 3.25. The van der Waals surface area contributed by atoms with Gasteiger partial charge >= 0.3 is 6.03 Å². The van der Waals surface area contributed by atoms with E-state index in [2.05, 4.69) is 5.32 Å². The summed E-state index contributed by atoms with van der Waals surface area (Å²) in [5.41, 5.74) is 0. The molecule has 1 atom stereocenters. The normalized spacial score (nSPS) is 20.9. The molecule has 2 fully saturated rings. The van der Waals surface area contributed by atoms with Gasteiger partial charge in [0.1, 0.15) is 5.76 Å². The summed E-state index contributed by atoms with van der Waals surface area (Å²) < 4.78 is 5.28. The molecule has 1 aromatic rings. The number of nitrogens with one attached hydrogen (secondary N) is 1. The van der Waals surface area contributed by atoms with E-state index in [-0.39, 0.29) is 30.2 Å². The molecule has 8 nitrogen and oxygen atoms in total. The van der Waals surface area contributed by atoms with E-state index in [4.69, 9.17) is 4.42 Å². The minimum absolute atomic E-state index is 0.00541. The fraction of sp³-hybridized carbons (Fsp3) is 0.588. The van der Waals surface area contributed by atoms with Crippen LogP contribution in [0, 0.1) is 5.92 Å². The quantitative estimate of drug-likeness (QED) is 0.859. The van der Waals surface area contributed by atoms with Gasteiger partial charge in [0, 0.05) is 45.7 Å². The van der Waals surface area contributed by atoms with Gasteiger partial charge in [0.25, 0.3) is 0 Å². The van der Waals surface area contributed by atoms with Crippen molar-refractivity contribution in [3.05, 3.63) is 24.2 Å². The summed E-state index contributed by atoms with van der Waals surface area (Å²) in [6, 6.07) is 3.52. The minimum atomic E-state index is -0.307. The molecule has 2 aliphatic heterocycles. The standard InChI is InChI=1S/C17H24N4O4/c1-2-18-17(24)20-7-5-19(6-8-20)16(23)13-10-15(22)21(11-13)12-14-4-3-9-25-14/h3-4,9,13H,2,5-8,10-12H2,1H3,(H,18,24). The lowest BCUT2D eigenvalue weighted by Crippen LogP contribution is -2.54. The second-order valence-corrected chi connectivity index (χ2v) is 6.40. The zero-order valence-electron chi connectivity index (χ0n) is 14.4. The number of amides is 4. The highest BCUT2D eigenvalue weighted by atomic mass is 16.3. The van der Waals surface area contributed by atoms with Crippen molar-refractivity contribution in [3.63, 3.8) is 0 Å². The Labute approximate surface area is 146 Å². The second-order valence-electron chi connectivity index (χ2n) is 6.40. The smallest absolute Gasteiger partial charge is 0.317 e. The molecule has 0 aromatic carbocycles. The summed E-state index contributed by atoms with van der Waals surface area (Å²) in [6.45, 7) is 5.37.